The van der Waals surface area contributed by atoms with Crippen molar-refractivity contribution in [1.82, 2.24) is 20.2 Å². The molecule has 0 fully saturated rings. The number of hydrogen-bond donors (Lipinski definition) is 2. The van der Waals surface area contributed by atoms with Gasteiger partial charge in [-0.2, -0.15) is 0 Å². The van der Waals surface area contributed by atoms with E-state index >= 15 is 0 Å². The molecule has 0 radical (unpaired) electrons. The first kappa shape index (κ1) is 18.5. The number of unbranched alkanes of at least 4 members (excludes halogenated alkanes) is 5. The molecule has 0 aliphatic heterocycles. The zero-order valence-corrected chi connectivity index (χ0v) is 15.0. The van der Waals surface area contributed by atoms with Crippen LogP contribution in [-0.4, -0.2) is 35.6 Å². The summed E-state index contributed by atoms with van der Waals surface area (Å²) in [6.07, 6.45) is 13.0. The van der Waals surface area contributed by atoms with Crippen LogP contribution in [-0.2, 0) is 11.3 Å². The van der Waals surface area contributed by atoms with Gasteiger partial charge in [0.1, 0.15) is 6.54 Å². The molecule has 0 aliphatic rings. The summed E-state index contributed by atoms with van der Waals surface area (Å²) in [6.45, 7) is 4.31. The molecule has 5 nitrogen and oxygen atoms in total. The molecule has 24 heavy (non-hydrogen) atoms. The van der Waals surface area contributed by atoms with Crippen molar-refractivity contribution in [1.29, 1.82) is 0 Å². The van der Waals surface area contributed by atoms with E-state index in [1.165, 1.54) is 32.1 Å². The molecule has 0 saturated carbocycles. The number of carbonyl (C=O) groups is 1. The molecule has 2 N–H and O–H groups in total. The average Bonchev–Trinajstić information content (AvgIpc) is 2.90. The molecule has 2 aromatic rings. The maximum Gasteiger partial charge on any atom is 0.239 e. The Bertz CT molecular complexity index is 635. The fourth-order valence-corrected chi connectivity index (χ4v) is 3.02. The fraction of sp³-hybridized carbons (Fsp3) is 0.579. The number of aryl methyl sites for hydroxylation is 1. The van der Waals surface area contributed by atoms with Crippen LogP contribution in [0.4, 0.5) is 0 Å². The van der Waals surface area contributed by atoms with E-state index in [1.807, 2.05) is 30.1 Å². The second-order valence-corrected chi connectivity index (χ2v) is 6.41. The molecule has 0 aromatic carbocycles. The summed E-state index contributed by atoms with van der Waals surface area (Å²) >= 11 is 0. The highest BCUT2D eigenvalue weighted by Crippen LogP contribution is 2.18. The number of nitrogens with zero attached hydrogens (tertiary/aromatic N) is 2. The smallest absolute Gasteiger partial charge is 0.239 e. The van der Waals surface area contributed by atoms with Crippen LogP contribution >= 0.6 is 0 Å². The van der Waals surface area contributed by atoms with E-state index in [-0.39, 0.29) is 5.91 Å². The number of carbonyl (C=O) groups excluding carboxylic acids is 1. The van der Waals surface area contributed by atoms with Gasteiger partial charge in [-0.25, -0.2) is 0 Å². The van der Waals surface area contributed by atoms with E-state index in [9.17, 15) is 4.79 Å². The highest BCUT2D eigenvalue weighted by molar-refractivity contribution is 5.85. The Balaban J connectivity index is 1.63. The van der Waals surface area contributed by atoms with Crippen molar-refractivity contribution in [3.63, 3.8) is 0 Å². The van der Waals surface area contributed by atoms with Crippen LogP contribution in [0.2, 0.25) is 0 Å². The van der Waals surface area contributed by atoms with Crippen molar-refractivity contribution in [3.8, 4) is 0 Å². The lowest BCUT2D eigenvalue weighted by Crippen LogP contribution is -2.28. The minimum absolute atomic E-state index is 0.0812. The van der Waals surface area contributed by atoms with Gasteiger partial charge in [0.15, 0.2) is 0 Å². The maximum atomic E-state index is 12.1. The number of amides is 1. The summed E-state index contributed by atoms with van der Waals surface area (Å²) < 4.78 is 2.00. The number of rotatable bonds is 11. The Morgan fingerprint density at radius 1 is 1.12 bits per heavy atom. The van der Waals surface area contributed by atoms with Crippen molar-refractivity contribution >= 4 is 16.8 Å². The van der Waals surface area contributed by atoms with Gasteiger partial charge >= 0.3 is 0 Å². The Morgan fingerprint density at radius 2 is 1.83 bits per heavy atom. The topological polar surface area (TPSA) is 58.9 Å². The number of pyridine rings is 1. The van der Waals surface area contributed by atoms with Gasteiger partial charge in [-0.15, -0.1) is 0 Å². The summed E-state index contributed by atoms with van der Waals surface area (Å²) in [5.74, 6) is 0.0812. The predicted octanol–water partition coefficient (Wildman–Crippen LogP) is 3.02. The first-order valence-corrected chi connectivity index (χ1v) is 9.03. The van der Waals surface area contributed by atoms with E-state index in [0.717, 1.165) is 36.0 Å². The summed E-state index contributed by atoms with van der Waals surface area (Å²) in [5.41, 5.74) is 2.23. The van der Waals surface area contributed by atoms with Crippen LogP contribution in [0.5, 0.6) is 0 Å². The van der Waals surface area contributed by atoms with Crippen LogP contribution < -0.4 is 10.6 Å². The molecule has 2 rings (SSSR count). The third kappa shape index (κ3) is 5.64. The lowest BCUT2D eigenvalue weighted by atomic mass is 10.1. The third-order valence-corrected chi connectivity index (χ3v) is 4.37. The predicted molar refractivity (Wildman–Crippen MR) is 99.1 cm³/mol. The first-order valence-electron chi connectivity index (χ1n) is 9.03. The van der Waals surface area contributed by atoms with Gasteiger partial charge in [0, 0.05) is 30.5 Å². The van der Waals surface area contributed by atoms with Gasteiger partial charge in [0.2, 0.25) is 5.91 Å². The number of hydrogen-bond acceptors (Lipinski definition) is 3. The van der Waals surface area contributed by atoms with Crippen LogP contribution in [0.3, 0.4) is 0 Å². The van der Waals surface area contributed by atoms with Crippen LogP contribution in [0.1, 0.15) is 44.1 Å². The SMILES string of the molecule is CNCCCCCCCCNC(=O)Cn1cc(C)c2cnccc21. The quantitative estimate of drug-likeness (QED) is 0.623. The Labute approximate surface area is 144 Å². The average molecular weight is 330 g/mol. The molecular formula is C19H30N4O. The third-order valence-electron chi connectivity index (χ3n) is 4.37. The second-order valence-electron chi connectivity index (χ2n) is 6.41. The normalized spacial score (nSPS) is 11.1. The molecule has 0 atom stereocenters. The molecule has 0 unspecified atom stereocenters. The molecule has 5 heteroatoms. The maximum absolute atomic E-state index is 12.1. The molecule has 0 bridgehead atoms. The van der Waals surface area contributed by atoms with Crippen molar-refractivity contribution in [2.24, 2.45) is 0 Å². The molecule has 0 spiro atoms. The van der Waals surface area contributed by atoms with E-state index in [0.29, 0.717) is 6.54 Å². The Morgan fingerprint density at radius 3 is 2.58 bits per heavy atom. The van der Waals surface area contributed by atoms with Crippen LogP contribution in [0, 0.1) is 6.92 Å². The molecule has 0 saturated heterocycles. The van der Waals surface area contributed by atoms with Crippen LogP contribution in [0.15, 0.2) is 24.7 Å². The molecule has 132 valence electrons. The van der Waals surface area contributed by atoms with Gasteiger partial charge in [0.05, 0.1) is 5.52 Å². The second kappa shape index (κ2) is 10.1. The Hall–Kier alpha value is -1.88. The van der Waals surface area contributed by atoms with Crippen molar-refractivity contribution in [3.05, 3.63) is 30.2 Å². The summed E-state index contributed by atoms with van der Waals surface area (Å²) in [7, 11) is 2.00. The summed E-state index contributed by atoms with van der Waals surface area (Å²) in [5, 5.41) is 7.32. The van der Waals surface area contributed by atoms with E-state index in [1.54, 1.807) is 6.20 Å². The largest absolute Gasteiger partial charge is 0.355 e. The standard InChI is InChI=1S/C19H30N4O/c1-16-14-23(18-9-12-21-13-17(16)18)15-19(24)22-11-8-6-4-3-5-7-10-20-2/h9,12-14,20H,3-8,10-11,15H2,1-2H3,(H,22,24). The highest BCUT2D eigenvalue weighted by Gasteiger charge is 2.08. The fourth-order valence-electron chi connectivity index (χ4n) is 3.02. The van der Waals surface area contributed by atoms with Gasteiger partial charge in [-0.3, -0.25) is 9.78 Å². The minimum atomic E-state index is 0.0812. The number of fused-ring (bicyclic) bond motifs is 1. The molecule has 1 amide bonds. The molecule has 2 aromatic heterocycles. The lowest BCUT2D eigenvalue weighted by Gasteiger charge is -2.07. The highest BCUT2D eigenvalue weighted by atomic mass is 16.1. The monoisotopic (exact) mass is 330 g/mol. The van der Waals surface area contributed by atoms with Gasteiger partial charge in [-0.05, 0) is 45.0 Å². The zero-order valence-electron chi connectivity index (χ0n) is 15.0. The van der Waals surface area contributed by atoms with Crippen molar-refractivity contribution in [2.45, 2.75) is 52.0 Å². The lowest BCUT2D eigenvalue weighted by molar-refractivity contribution is -0.121. The van der Waals surface area contributed by atoms with E-state index in [2.05, 4.69) is 22.5 Å². The van der Waals surface area contributed by atoms with Crippen molar-refractivity contribution in [2.75, 3.05) is 20.1 Å². The summed E-state index contributed by atoms with van der Waals surface area (Å²) in [6, 6.07) is 1.96. The first-order chi connectivity index (χ1) is 11.7. The van der Waals surface area contributed by atoms with E-state index < -0.39 is 0 Å². The molecule has 0 aliphatic carbocycles. The molecule has 2 heterocycles. The molecular weight excluding hydrogens is 300 g/mol. The van der Waals surface area contributed by atoms with Gasteiger partial charge in [0.25, 0.3) is 0 Å². The van der Waals surface area contributed by atoms with Gasteiger partial charge in [-0.1, -0.05) is 25.7 Å². The van der Waals surface area contributed by atoms with Crippen LogP contribution in [0.25, 0.3) is 10.9 Å². The number of nitrogens with one attached hydrogen (secondary N) is 2. The summed E-state index contributed by atoms with van der Waals surface area (Å²) in [4.78, 5) is 16.3. The number of aromatic nitrogens is 2. The zero-order chi connectivity index (χ0) is 17.2. The van der Waals surface area contributed by atoms with Gasteiger partial charge < -0.3 is 15.2 Å². The Kier molecular flexibility index (Phi) is 7.75. The van der Waals surface area contributed by atoms with Crippen molar-refractivity contribution < 1.29 is 4.79 Å². The van der Waals surface area contributed by atoms with E-state index in [4.69, 9.17) is 0 Å². The minimum Gasteiger partial charge on any atom is -0.355 e.